The molecule has 0 spiro atoms. The molecule has 1 aromatic heterocycles. The van der Waals surface area contributed by atoms with Crippen LogP contribution in [-0.2, 0) is 4.79 Å². The lowest BCUT2D eigenvalue weighted by atomic mass is 10.0. The highest BCUT2D eigenvalue weighted by molar-refractivity contribution is 7.10. The van der Waals surface area contributed by atoms with Gasteiger partial charge in [0.25, 0.3) is 0 Å². The number of thiophene rings is 1. The molecule has 0 saturated carbocycles. The summed E-state index contributed by atoms with van der Waals surface area (Å²) in [5.74, 6) is -0.126. The first-order valence-electron chi connectivity index (χ1n) is 13.3. The fourth-order valence-corrected chi connectivity index (χ4v) is 5.09. The van der Waals surface area contributed by atoms with Gasteiger partial charge in [-0.2, -0.15) is 0 Å². The maximum absolute atomic E-state index is 11.7. The molecule has 204 valence electrons. The summed E-state index contributed by atoms with van der Waals surface area (Å²) in [6.45, 7) is 0.938. The smallest absolute Gasteiger partial charge is 0.303 e. The van der Waals surface area contributed by atoms with Crippen molar-refractivity contribution in [1.29, 1.82) is 0 Å². The van der Waals surface area contributed by atoms with E-state index in [4.69, 9.17) is 9.84 Å². The first kappa shape index (κ1) is 28.7. The van der Waals surface area contributed by atoms with Gasteiger partial charge in [0.15, 0.2) is 5.78 Å². The van der Waals surface area contributed by atoms with Gasteiger partial charge in [0.05, 0.1) is 6.42 Å². The summed E-state index contributed by atoms with van der Waals surface area (Å²) >= 11 is 1.75. The Morgan fingerprint density at radius 2 is 1.50 bits per heavy atom. The van der Waals surface area contributed by atoms with Crippen LogP contribution in [0.5, 0.6) is 5.75 Å². The summed E-state index contributed by atoms with van der Waals surface area (Å²) in [6, 6.07) is 35.9. The van der Waals surface area contributed by atoms with Crippen LogP contribution in [0.4, 0.5) is 0 Å². The Morgan fingerprint density at radius 1 is 0.800 bits per heavy atom. The van der Waals surface area contributed by atoms with Crippen molar-refractivity contribution in [3.05, 3.63) is 125 Å². The molecule has 5 nitrogen and oxygen atoms in total. The van der Waals surface area contributed by atoms with Crippen LogP contribution in [0.1, 0.15) is 40.6 Å². The van der Waals surface area contributed by atoms with Crippen LogP contribution in [0.15, 0.2) is 115 Å². The number of nitrogens with one attached hydrogen (secondary N) is 1. The number of aliphatic carboxylic acids is 1. The van der Waals surface area contributed by atoms with Crippen LogP contribution in [0.2, 0.25) is 0 Å². The van der Waals surface area contributed by atoms with Crippen molar-refractivity contribution in [3.63, 3.8) is 0 Å². The number of hydrogen-bond donors (Lipinski definition) is 2. The Labute approximate surface area is 239 Å². The molecular formula is C34H33NO4S. The maximum Gasteiger partial charge on any atom is 0.303 e. The van der Waals surface area contributed by atoms with Crippen LogP contribution in [-0.4, -0.2) is 30.5 Å². The van der Waals surface area contributed by atoms with Crippen molar-refractivity contribution >= 4 is 33.9 Å². The van der Waals surface area contributed by atoms with Gasteiger partial charge in [-0.1, -0.05) is 97.1 Å². The average Bonchev–Trinajstić information content (AvgIpc) is 3.54. The summed E-state index contributed by atoms with van der Waals surface area (Å²) < 4.78 is 6.34. The lowest BCUT2D eigenvalue weighted by Crippen LogP contribution is -2.15. The number of ketones is 1. The van der Waals surface area contributed by atoms with Gasteiger partial charge in [0.1, 0.15) is 11.9 Å². The molecule has 6 heteroatoms. The van der Waals surface area contributed by atoms with E-state index >= 15 is 0 Å². The molecule has 0 unspecified atom stereocenters. The number of carbonyl (C=O) groups is 2. The van der Waals surface area contributed by atoms with E-state index in [2.05, 4.69) is 65.3 Å². The topological polar surface area (TPSA) is 75.6 Å². The van der Waals surface area contributed by atoms with Crippen molar-refractivity contribution in [2.45, 2.75) is 25.4 Å². The Bertz CT molecular complexity index is 1490. The zero-order chi connectivity index (χ0) is 28.2. The molecule has 40 heavy (non-hydrogen) atoms. The van der Waals surface area contributed by atoms with E-state index in [1.807, 2.05) is 49.5 Å². The lowest BCUT2D eigenvalue weighted by molar-refractivity contribution is -0.136. The number of rotatable bonds is 11. The Hall–Kier alpha value is -4.26. The minimum atomic E-state index is -0.950. The normalized spacial score (nSPS) is 11.3. The van der Waals surface area contributed by atoms with E-state index in [0.29, 0.717) is 5.56 Å². The predicted octanol–water partition coefficient (Wildman–Crippen LogP) is 8.03. The highest BCUT2D eigenvalue weighted by Gasteiger charge is 2.15. The number of benzene rings is 4. The standard InChI is InChI=1S/C18H19NOS.C16H14O3/c1-19-12-11-17(18-10-5-13-21-18)20-16-9-4-7-14-6-2-3-8-15(14)16;17-15(10-11-16(18)19)14-8-6-13(7-9-14)12-4-2-1-3-5-12/h2-10,13,17,19H,11-12H2,1H3;1-9H,10-11H2,(H,18,19)/t17-;/m1./s1. The second-order valence-corrected chi connectivity index (χ2v) is 10.2. The van der Waals surface area contributed by atoms with E-state index in [1.165, 1.54) is 15.6 Å². The molecule has 1 atom stereocenters. The van der Waals surface area contributed by atoms with E-state index < -0.39 is 5.97 Å². The van der Waals surface area contributed by atoms with Crippen LogP contribution in [0.25, 0.3) is 21.9 Å². The second-order valence-electron chi connectivity index (χ2n) is 9.25. The van der Waals surface area contributed by atoms with Crippen LogP contribution < -0.4 is 10.1 Å². The van der Waals surface area contributed by atoms with Gasteiger partial charge in [-0.3, -0.25) is 9.59 Å². The van der Waals surface area contributed by atoms with Crippen molar-refractivity contribution in [3.8, 4) is 16.9 Å². The molecule has 0 saturated heterocycles. The highest BCUT2D eigenvalue weighted by Crippen LogP contribution is 2.32. The fourth-order valence-electron chi connectivity index (χ4n) is 4.30. The summed E-state index contributed by atoms with van der Waals surface area (Å²) in [5.41, 5.74) is 2.68. The third-order valence-corrected chi connectivity index (χ3v) is 7.38. The molecule has 5 rings (SSSR count). The molecule has 4 aromatic carbocycles. The fraction of sp³-hybridized carbons (Fsp3) is 0.176. The van der Waals surface area contributed by atoms with Crippen LogP contribution in [0.3, 0.4) is 0 Å². The monoisotopic (exact) mass is 551 g/mol. The Kier molecular flexibility index (Phi) is 10.6. The molecule has 1 heterocycles. The summed E-state index contributed by atoms with van der Waals surface area (Å²) in [6.07, 6.45) is 0.975. The largest absolute Gasteiger partial charge is 0.484 e. The minimum Gasteiger partial charge on any atom is -0.484 e. The van der Waals surface area contributed by atoms with Crippen molar-refractivity contribution in [1.82, 2.24) is 5.32 Å². The molecule has 0 bridgehead atoms. The van der Waals surface area contributed by atoms with Crippen LogP contribution in [0, 0.1) is 0 Å². The predicted molar refractivity (Wildman–Crippen MR) is 163 cm³/mol. The van der Waals surface area contributed by atoms with Gasteiger partial charge < -0.3 is 15.2 Å². The summed E-state index contributed by atoms with van der Waals surface area (Å²) in [4.78, 5) is 23.4. The molecule has 0 radical (unpaired) electrons. The molecule has 5 aromatic rings. The van der Waals surface area contributed by atoms with Gasteiger partial charge in [-0.25, -0.2) is 0 Å². The number of carboxylic acid groups (broad SMARTS) is 1. The maximum atomic E-state index is 11.7. The van der Waals surface area contributed by atoms with Crippen LogP contribution >= 0.6 is 11.3 Å². The third-order valence-electron chi connectivity index (χ3n) is 6.42. The van der Waals surface area contributed by atoms with Crippen molar-refractivity contribution in [2.75, 3.05) is 13.6 Å². The van der Waals surface area contributed by atoms with Gasteiger partial charge in [-0.05, 0) is 47.6 Å². The van der Waals surface area contributed by atoms with Gasteiger partial charge >= 0.3 is 5.97 Å². The SMILES string of the molecule is CNCC[C@@H](Oc1cccc2ccccc12)c1cccs1.O=C(O)CCC(=O)c1ccc(-c2ccccc2)cc1. The third kappa shape index (κ3) is 8.12. The van der Waals surface area contributed by atoms with E-state index in [-0.39, 0.29) is 24.7 Å². The highest BCUT2D eigenvalue weighted by atomic mass is 32.1. The molecule has 0 aliphatic heterocycles. The number of carbonyl (C=O) groups excluding carboxylic acids is 1. The van der Waals surface area contributed by atoms with Gasteiger partial charge in [-0.15, -0.1) is 11.3 Å². The zero-order valence-electron chi connectivity index (χ0n) is 22.5. The number of fused-ring (bicyclic) bond motifs is 1. The Balaban J connectivity index is 0.000000186. The summed E-state index contributed by atoms with van der Waals surface area (Å²) in [7, 11) is 1.98. The first-order chi connectivity index (χ1) is 19.5. The number of Topliss-reactive ketones (excluding diaryl/α,β-unsaturated/α-hetero) is 1. The second kappa shape index (κ2) is 14.8. The van der Waals surface area contributed by atoms with Gasteiger partial charge in [0, 0.05) is 28.7 Å². The molecule has 0 aliphatic rings. The summed E-state index contributed by atoms with van der Waals surface area (Å²) in [5, 5.41) is 16.3. The van der Waals surface area contributed by atoms with Gasteiger partial charge in [0.2, 0.25) is 0 Å². The number of hydrogen-bond acceptors (Lipinski definition) is 5. The zero-order valence-corrected chi connectivity index (χ0v) is 23.3. The molecule has 0 aliphatic carbocycles. The lowest BCUT2D eigenvalue weighted by Gasteiger charge is -2.19. The minimum absolute atomic E-state index is 0.0417. The van der Waals surface area contributed by atoms with Crippen molar-refractivity contribution < 1.29 is 19.4 Å². The molecule has 0 fully saturated rings. The molecule has 2 N–H and O–H groups in total. The molecule has 0 amide bonds. The number of carboxylic acids is 1. The quantitative estimate of drug-likeness (QED) is 0.163. The Morgan fingerprint density at radius 3 is 2.20 bits per heavy atom. The first-order valence-corrected chi connectivity index (χ1v) is 14.2. The van der Waals surface area contributed by atoms with E-state index in [9.17, 15) is 9.59 Å². The van der Waals surface area contributed by atoms with E-state index in [1.54, 1.807) is 23.5 Å². The van der Waals surface area contributed by atoms with E-state index in [0.717, 1.165) is 29.8 Å². The average molecular weight is 552 g/mol. The molecular weight excluding hydrogens is 518 g/mol. The number of ether oxygens (including phenoxy) is 1. The van der Waals surface area contributed by atoms with Crippen molar-refractivity contribution in [2.24, 2.45) is 0 Å².